The normalized spacial score (nSPS) is 14.0. The van der Waals surface area contributed by atoms with Crippen LogP contribution in [0, 0.1) is 5.82 Å². The molecule has 1 aliphatic heterocycles. The molecule has 0 bridgehead atoms. The van der Waals surface area contributed by atoms with Crippen LogP contribution in [0.25, 0.3) is 0 Å². The standard InChI is InChI=1S/C18H18FN3O2/c1-2-9-22-16-7-11-21(10-6-13(16)3-4-17(22)23)18(24)14-5-8-20-12-15(14)19/h2-5,8,12H,1,6-7,9-11H2. The molecule has 6 heteroatoms. The van der Waals surface area contributed by atoms with Crippen LogP contribution in [0.3, 0.4) is 0 Å². The molecular weight excluding hydrogens is 309 g/mol. The smallest absolute Gasteiger partial charge is 0.256 e. The number of hydrogen-bond donors (Lipinski definition) is 0. The summed E-state index contributed by atoms with van der Waals surface area (Å²) in [6.45, 7) is 5.05. The molecule has 24 heavy (non-hydrogen) atoms. The minimum absolute atomic E-state index is 0.0273. The first-order valence-corrected chi connectivity index (χ1v) is 7.83. The highest BCUT2D eigenvalue weighted by molar-refractivity contribution is 5.94. The Labute approximate surface area is 139 Å². The number of allylic oxidation sites excluding steroid dienone is 1. The number of amides is 1. The van der Waals surface area contributed by atoms with Crippen molar-refractivity contribution in [1.29, 1.82) is 0 Å². The Kier molecular flexibility index (Phi) is 4.55. The van der Waals surface area contributed by atoms with Crippen LogP contribution in [0.5, 0.6) is 0 Å². The van der Waals surface area contributed by atoms with Gasteiger partial charge in [-0.3, -0.25) is 14.6 Å². The van der Waals surface area contributed by atoms with E-state index in [2.05, 4.69) is 11.6 Å². The van der Waals surface area contributed by atoms with E-state index in [9.17, 15) is 14.0 Å². The Morgan fingerprint density at radius 1 is 1.29 bits per heavy atom. The number of aromatic nitrogens is 2. The summed E-state index contributed by atoms with van der Waals surface area (Å²) in [7, 11) is 0. The van der Waals surface area contributed by atoms with Gasteiger partial charge >= 0.3 is 0 Å². The summed E-state index contributed by atoms with van der Waals surface area (Å²) in [4.78, 5) is 29.9. The predicted octanol–water partition coefficient (Wildman–Crippen LogP) is 1.81. The number of nitrogens with zero attached hydrogens (tertiary/aromatic N) is 3. The predicted molar refractivity (Wildman–Crippen MR) is 88.4 cm³/mol. The average Bonchev–Trinajstić information content (AvgIpc) is 2.80. The quantitative estimate of drug-likeness (QED) is 0.808. The molecule has 0 aliphatic carbocycles. The molecule has 1 aliphatic rings. The summed E-state index contributed by atoms with van der Waals surface area (Å²) in [5.74, 6) is -0.965. The van der Waals surface area contributed by atoms with E-state index < -0.39 is 5.82 Å². The summed E-state index contributed by atoms with van der Waals surface area (Å²) < 4.78 is 15.5. The van der Waals surface area contributed by atoms with E-state index in [1.807, 2.05) is 6.07 Å². The van der Waals surface area contributed by atoms with Crippen LogP contribution < -0.4 is 5.56 Å². The van der Waals surface area contributed by atoms with Gasteiger partial charge in [0.05, 0.1) is 11.8 Å². The molecule has 1 amide bonds. The Morgan fingerprint density at radius 3 is 2.83 bits per heavy atom. The minimum Gasteiger partial charge on any atom is -0.338 e. The molecule has 3 rings (SSSR count). The number of rotatable bonds is 3. The Morgan fingerprint density at radius 2 is 2.08 bits per heavy atom. The van der Waals surface area contributed by atoms with E-state index in [1.165, 1.54) is 12.3 Å². The number of fused-ring (bicyclic) bond motifs is 1. The minimum atomic E-state index is -0.618. The van der Waals surface area contributed by atoms with Crippen LogP contribution in [-0.2, 0) is 19.4 Å². The number of carbonyl (C=O) groups excluding carboxylic acids is 1. The van der Waals surface area contributed by atoms with Gasteiger partial charge in [0.2, 0.25) is 0 Å². The Bertz CT molecular complexity index is 844. The van der Waals surface area contributed by atoms with Gasteiger partial charge < -0.3 is 9.47 Å². The SMILES string of the molecule is C=CCn1c2c(ccc1=O)CCN(C(=O)c1ccncc1F)CC2. The Balaban J connectivity index is 1.87. The van der Waals surface area contributed by atoms with Gasteiger partial charge in [-0.15, -0.1) is 6.58 Å². The third-order valence-electron chi connectivity index (χ3n) is 4.26. The zero-order valence-corrected chi connectivity index (χ0v) is 13.2. The summed E-state index contributed by atoms with van der Waals surface area (Å²) in [5, 5.41) is 0. The molecular formula is C18H18FN3O2. The molecule has 0 saturated carbocycles. The molecule has 0 saturated heterocycles. The van der Waals surface area contributed by atoms with Crippen molar-refractivity contribution in [2.24, 2.45) is 0 Å². The molecule has 0 N–H and O–H groups in total. The zero-order valence-electron chi connectivity index (χ0n) is 13.2. The fourth-order valence-corrected chi connectivity index (χ4v) is 3.05. The van der Waals surface area contributed by atoms with Crippen molar-refractivity contribution in [3.05, 3.63) is 76.2 Å². The lowest BCUT2D eigenvalue weighted by Gasteiger charge is -2.20. The zero-order chi connectivity index (χ0) is 17.1. The first kappa shape index (κ1) is 16.1. The fraction of sp³-hybridized carbons (Fsp3) is 0.278. The third kappa shape index (κ3) is 2.99. The maximum atomic E-state index is 13.8. The summed E-state index contributed by atoms with van der Waals surface area (Å²) in [6, 6.07) is 4.75. The van der Waals surface area contributed by atoms with Crippen molar-refractivity contribution < 1.29 is 9.18 Å². The van der Waals surface area contributed by atoms with Crippen LogP contribution in [0.15, 0.2) is 48.0 Å². The van der Waals surface area contributed by atoms with E-state index in [4.69, 9.17) is 0 Å². The summed E-state index contributed by atoms with van der Waals surface area (Å²) >= 11 is 0. The molecule has 0 radical (unpaired) electrons. The molecule has 3 heterocycles. The number of pyridine rings is 2. The van der Waals surface area contributed by atoms with Crippen LogP contribution in [-0.4, -0.2) is 33.4 Å². The van der Waals surface area contributed by atoms with Gasteiger partial charge in [0, 0.05) is 44.0 Å². The van der Waals surface area contributed by atoms with Crippen molar-refractivity contribution >= 4 is 5.91 Å². The van der Waals surface area contributed by atoms with E-state index in [-0.39, 0.29) is 17.0 Å². The van der Waals surface area contributed by atoms with Crippen LogP contribution >= 0.6 is 0 Å². The van der Waals surface area contributed by atoms with E-state index >= 15 is 0 Å². The van der Waals surface area contributed by atoms with E-state index in [1.54, 1.807) is 21.6 Å². The highest BCUT2D eigenvalue weighted by Crippen LogP contribution is 2.17. The van der Waals surface area contributed by atoms with Gasteiger partial charge in [-0.1, -0.05) is 12.1 Å². The number of halogens is 1. The average molecular weight is 327 g/mol. The van der Waals surface area contributed by atoms with Gasteiger partial charge in [0.1, 0.15) is 0 Å². The second-order valence-corrected chi connectivity index (χ2v) is 5.69. The summed E-state index contributed by atoms with van der Waals surface area (Å²) in [6.07, 6.45) is 5.32. The Hall–Kier alpha value is -2.76. The maximum Gasteiger partial charge on any atom is 0.256 e. The first-order valence-electron chi connectivity index (χ1n) is 7.83. The van der Waals surface area contributed by atoms with Gasteiger partial charge in [-0.2, -0.15) is 0 Å². The first-order chi connectivity index (χ1) is 11.6. The van der Waals surface area contributed by atoms with Gasteiger partial charge in [-0.25, -0.2) is 4.39 Å². The van der Waals surface area contributed by atoms with Gasteiger partial charge in [0.25, 0.3) is 11.5 Å². The fourth-order valence-electron chi connectivity index (χ4n) is 3.05. The highest BCUT2D eigenvalue weighted by Gasteiger charge is 2.23. The second-order valence-electron chi connectivity index (χ2n) is 5.69. The molecule has 124 valence electrons. The molecule has 0 unspecified atom stereocenters. The van der Waals surface area contributed by atoms with Gasteiger partial charge in [-0.05, 0) is 18.1 Å². The second kappa shape index (κ2) is 6.78. The highest BCUT2D eigenvalue weighted by atomic mass is 19.1. The van der Waals surface area contributed by atoms with E-state index in [0.29, 0.717) is 32.5 Å². The van der Waals surface area contributed by atoms with Crippen molar-refractivity contribution in [1.82, 2.24) is 14.5 Å². The molecule has 5 nitrogen and oxygen atoms in total. The lowest BCUT2D eigenvalue weighted by Crippen LogP contribution is -2.34. The van der Waals surface area contributed by atoms with Crippen LogP contribution in [0.2, 0.25) is 0 Å². The molecule has 0 atom stereocenters. The lowest BCUT2D eigenvalue weighted by molar-refractivity contribution is 0.0758. The number of hydrogen-bond acceptors (Lipinski definition) is 3. The molecule has 0 spiro atoms. The topological polar surface area (TPSA) is 55.2 Å². The van der Waals surface area contributed by atoms with Crippen molar-refractivity contribution in [2.75, 3.05) is 13.1 Å². The summed E-state index contributed by atoms with van der Waals surface area (Å²) in [5.41, 5.74) is 1.92. The van der Waals surface area contributed by atoms with Crippen molar-refractivity contribution in [3.8, 4) is 0 Å². The monoisotopic (exact) mass is 327 g/mol. The molecule has 2 aromatic heterocycles. The van der Waals surface area contributed by atoms with Crippen molar-refractivity contribution in [2.45, 2.75) is 19.4 Å². The molecule has 0 fully saturated rings. The van der Waals surface area contributed by atoms with Crippen LogP contribution in [0.1, 0.15) is 21.6 Å². The third-order valence-corrected chi connectivity index (χ3v) is 4.26. The van der Waals surface area contributed by atoms with Gasteiger partial charge in [0.15, 0.2) is 5.82 Å². The molecule has 0 aromatic carbocycles. The van der Waals surface area contributed by atoms with E-state index in [0.717, 1.165) is 17.5 Å². The van der Waals surface area contributed by atoms with Crippen molar-refractivity contribution in [3.63, 3.8) is 0 Å². The largest absolute Gasteiger partial charge is 0.338 e. The number of carbonyl (C=O) groups is 1. The molecule has 2 aromatic rings. The maximum absolute atomic E-state index is 13.8. The lowest BCUT2D eigenvalue weighted by atomic mass is 10.1. The van der Waals surface area contributed by atoms with Crippen LogP contribution in [0.4, 0.5) is 4.39 Å².